The number of hydrogen-bond acceptors (Lipinski definition) is 4. The van der Waals surface area contributed by atoms with Crippen LogP contribution in [-0.2, 0) is 4.74 Å². The number of alkyl halides is 3. The molecule has 0 radical (unpaired) electrons. The van der Waals surface area contributed by atoms with Gasteiger partial charge in [0.05, 0.1) is 10.6 Å². The van der Waals surface area contributed by atoms with E-state index in [1.807, 2.05) is 0 Å². The fourth-order valence-corrected chi connectivity index (χ4v) is 2.11. The van der Waals surface area contributed by atoms with Crippen molar-refractivity contribution in [3.8, 4) is 5.75 Å². The van der Waals surface area contributed by atoms with E-state index in [0.717, 1.165) is 0 Å². The highest BCUT2D eigenvalue weighted by Gasteiger charge is 2.24. The van der Waals surface area contributed by atoms with Crippen LogP contribution in [-0.4, -0.2) is 22.3 Å². The lowest BCUT2D eigenvalue weighted by molar-refractivity contribution is 0.0506. The number of hydrogen-bond donors (Lipinski definition) is 0. The second-order valence-corrected chi connectivity index (χ2v) is 7.48. The van der Waals surface area contributed by atoms with Gasteiger partial charge in [-0.05, 0) is 24.3 Å². The van der Waals surface area contributed by atoms with Gasteiger partial charge in [-0.3, -0.25) is 0 Å². The van der Waals surface area contributed by atoms with Crippen molar-refractivity contribution < 1.29 is 19.1 Å². The maximum Gasteiger partial charge on any atom is 0.345 e. The highest BCUT2D eigenvalue weighted by Crippen LogP contribution is 2.28. The lowest BCUT2D eigenvalue weighted by Crippen LogP contribution is -2.18. The van der Waals surface area contributed by atoms with Crippen LogP contribution in [0.25, 0.3) is 0 Å². The third-order valence-corrected chi connectivity index (χ3v) is 3.43. The van der Waals surface area contributed by atoms with Crippen LogP contribution in [0, 0.1) is 0 Å². The highest BCUT2D eigenvalue weighted by molar-refractivity contribution is 6.67. The molecule has 0 saturated carbocycles. The molecule has 4 nitrogen and oxygen atoms in total. The Morgan fingerprint density at radius 1 is 0.875 bits per heavy atom. The average Bonchev–Trinajstić information content (AvgIpc) is 2.53. The van der Waals surface area contributed by atoms with E-state index < -0.39 is 22.3 Å². The summed E-state index contributed by atoms with van der Waals surface area (Å²) < 4.78 is 8.40. The summed E-state index contributed by atoms with van der Waals surface area (Å²) in [4.78, 5) is 24.3. The highest BCUT2D eigenvalue weighted by atomic mass is 35.6. The van der Waals surface area contributed by atoms with Gasteiger partial charge in [-0.2, -0.15) is 0 Å². The fourth-order valence-electron chi connectivity index (χ4n) is 1.73. The van der Waals surface area contributed by atoms with E-state index >= 15 is 0 Å². The van der Waals surface area contributed by atoms with Crippen molar-refractivity contribution >= 4 is 58.3 Å². The number of benzene rings is 2. The van der Waals surface area contributed by atoms with Gasteiger partial charge in [0.2, 0.25) is 3.79 Å². The van der Waals surface area contributed by atoms with E-state index in [9.17, 15) is 9.59 Å². The fraction of sp³-hybridized carbons (Fsp3) is 0.125. The maximum absolute atomic E-state index is 12.2. The van der Waals surface area contributed by atoms with Crippen LogP contribution in [0.3, 0.4) is 0 Å². The van der Waals surface area contributed by atoms with Crippen molar-refractivity contribution in [3.63, 3.8) is 0 Å². The van der Waals surface area contributed by atoms with Crippen LogP contribution in [0.4, 0.5) is 0 Å². The molecule has 8 heteroatoms. The first-order valence-electron chi connectivity index (χ1n) is 6.57. The van der Waals surface area contributed by atoms with E-state index in [0.29, 0.717) is 0 Å². The Balaban J connectivity index is 2.18. The molecule has 0 unspecified atom stereocenters. The monoisotopic (exact) mass is 406 g/mol. The first-order valence-corrected chi connectivity index (χ1v) is 8.09. The molecule has 0 N–H and O–H groups in total. The van der Waals surface area contributed by atoms with Crippen LogP contribution in [0.15, 0.2) is 48.5 Å². The van der Waals surface area contributed by atoms with Crippen molar-refractivity contribution in [2.24, 2.45) is 0 Å². The number of halogens is 4. The number of ether oxygens (including phenoxy) is 2. The van der Waals surface area contributed by atoms with Gasteiger partial charge in [-0.1, -0.05) is 70.7 Å². The number of rotatable bonds is 4. The van der Waals surface area contributed by atoms with Crippen molar-refractivity contribution in [2.45, 2.75) is 3.79 Å². The standard InChI is InChI=1S/C16H10Cl4O4/c17-12-7-3-1-5-10(12)15(22)24-13-8-4-2-6-11(13)14(21)23-9-16(18,19)20/h1-8H,9H2. The lowest BCUT2D eigenvalue weighted by atomic mass is 10.2. The molecule has 2 rings (SSSR count). The SMILES string of the molecule is O=C(Oc1ccccc1C(=O)OCC(Cl)(Cl)Cl)c1ccccc1Cl. The second kappa shape index (κ2) is 8.08. The quantitative estimate of drug-likeness (QED) is 0.402. The van der Waals surface area contributed by atoms with E-state index in [1.54, 1.807) is 30.3 Å². The van der Waals surface area contributed by atoms with Crippen molar-refractivity contribution in [1.29, 1.82) is 0 Å². The van der Waals surface area contributed by atoms with Gasteiger partial charge < -0.3 is 9.47 Å². The van der Waals surface area contributed by atoms with Crippen molar-refractivity contribution in [3.05, 3.63) is 64.7 Å². The van der Waals surface area contributed by atoms with Crippen molar-refractivity contribution in [2.75, 3.05) is 6.61 Å². The molecule has 0 aliphatic carbocycles. The number of carbonyl (C=O) groups is 2. The van der Waals surface area contributed by atoms with Gasteiger partial charge in [0.15, 0.2) is 0 Å². The number of carbonyl (C=O) groups excluding carboxylic acids is 2. The predicted molar refractivity (Wildman–Crippen MR) is 93.4 cm³/mol. The first-order chi connectivity index (χ1) is 11.3. The normalized spacial score (nSPS) is 11.0. The molecular weight excluding hydrogens is 398 g/mol. The Kier molecular flexibility index (Phi) is 6.35. The summed E-state index contributed by atoms with van der Waals surface area (Å²) >= 11 is 22.6. The molecule has 2 aromatic rings. The summed E-state index contributed by atoms with van der Waals surface area (Å²) in [6.07, 6.45) is 0. The molecule has 0 aliphatic heterocycles. The summed E-state index contributed by atoms with van der Waals surface area (Å²) in [6.45, 7) is -0.441. The average molecular weight is 408 g/mol. The lowest BCUT2D eigenvalue weighted by Gasteiger charge is -2.13. The second-order valence-electron chi connectivity index (χ2n) is 4.56. The molecular formula is C16H10Cl4O4. The van der Waals surface area contributed by atoms with Crippen LogP contribution in [0.1, 0.15) is 20.7 Å². The molecule has 0 aromatic heterocycles. The van der Waals surface area contributed by atoms with Crippen molar-refractivity contribution in [1.82, 2.24) is 0 Å². The zero-order valence-electron chi connectivity index (χ0n) is 12.0. The van der Waals surface area contributed by atoms with Crippen LogP contribution < -0.4 is 4.74 Å². The molecule has 0 atom stereocenters. The molecule has 24 heavy (non-hydrogen) atoms. The number of para-hydroxylation sites is 1. The summed E-state index contributed by atoms with van der Waals surface area (Å²) in [6, 6.07) is 12.4. The molecule has 0 bridgehead atoms. The van der Waals surface area contributed by atoms with E-state index in [2.05, 4.69) is 0 Å². The van der Waals surface area contributed by atoms with E-state index in [1.165, 1.54) is 18.2 Å². The largest absolute Gasteiger partial charge is 0.457 e. The summed E-state index contributed by atoms with van der Waals surface area (Å²) in [7, 11) is 0. The summed E-state index contributed by atoms with van der Waals surface area (Å²) in [5.74, 6) is -1.48. The smallest absolute Gasteiger partial charge is 0.345 e. The number of esters is 2. The van der Waals surface area contributed by atoms with Crippen LogP contribution in [0.2, 0.25) is 5.02 Å². The zero-order valence-corrected chi connectivity index (χ0v) is 15.0. The van der Waals surface area contributed by atoms with E-state index in [-0.39, 0.29) is 21.9 Å². The Bertz CT molecular complexity index is 756. The predicted octanol–water partition coefficient (Wildman–Crippen LogP) is 5.09. The third-order valence-electron chi connectivity index (χ3n) is 2.77. The zero-order chi connectivity index (χ0) is 17.7. The van der Waals surface area contributed by atoms with Gasteiger partial charge in [-0.15, -0.1) is 0 Å². The molecule has 0 aliphatic rings. The molecule has 0 amide bonds. The molecule has 0 fully saturated rings. The molecule has 0 saturated heterocycles. The van der Waals surface area contributed by atoms with Gasteiger partial charge in [0, 0.05) is 0 Å². The Hall–Kier alpha value is -1.46. The third kappa shape index (κ3) is 5.28. The first kappa shape index (κ1) is 18.9. The molecule has 126 valence electrons. The van der Waals surface area contributed by atoms with Gasteiger partial charge in [0.25, 0.3) is 0 Å². The Labute approximate surface area is 158 Å². The molecule has 2 aromatic carbocycles. The minimum atomic E-state index is -1.74. The minimum absolute atomic E-state index is 0.0109. The Morgan fingerprint density at radius 2 is 1.46 bits per heavy atom. The van der Waals surface area contributed by atoms with Crippen LogP contribution in [0.5, 0.6) is 5.75 Å². The van der Waals surface area contributed by atoms with Gasteiger partial charge >= 0.3 is 11.9 Å². The molecule has 0 heterocycles. The topological polar surface area (TPSA) is 52.6 Å². The Morgan fingerprint density at radius 3 is 2.08 bits per heavy atom. The maximum atomic E-state index is 12.2. The minimum Gasteiger partial charge on any atom is -0.457 e. The van der Waals surface area contributed by atoms with Gasteiger partial charge in [-0.25, -0.2) is 9.59 Å². The van der Waals surface area contributed by atoms with E-state index in [4.69, 9.17) is 55.9 Å². The molecule has 0 spiro atoms. The summed E-state index contributed by atoms with van der Waals surface area (Å²) in [5, 5.41) is 0.235. The summed E-state index contributed by atoms with van der Waals surface area (Å²) in [5.41, 5.74) is 0.191. The van der Waals surface area contributed by atoms with Gasteiger partial charge in [0.1, 0.15) is 17.9 Å². The van der Waals surface area contributed by atoms with Crippen LogP contribution >= 0.6 is 46.4 Å².